The molecular formula is C19H23N5O. The summed E-state index contributed by atoms with van der Waals surface area (Å²) < 4.78 is 5.27. The van der Waals surface area contributed by atoms with Crippen molar-refractivity contribution in [3.05, 3.63) is 48.4 Å². The summed E-state index contributed by atoms with van der Waals surface area (Å²) in [6, 6.07) is 10.4. The number of aromatic nitrogens is 3. The summed E-state index contributed by atoms with van der Waals surface area (Å²) >= 11 is 0. The predicted molar refractivity (Wildman–Crippen MR) is 99.1 cm³/mol. The van der Waals surface area contributed by atoms with Crippen molar-refractivity contribution in [3.63, 3.8) is 0 Å². The van der Waals surface area contributed by atoms with E-state index in [1.807, 2.05) is 24.4 Å². The Morgan fingerprint density at radius 3 is 2.60 bits per heavy atom. The molecule has 130 valence electrons. The van der Waals surface area contributed by atoms with Gasteiger partial charge in [-0.15, -0.1) is 0 Å². The van der Waals surface area contributed by atoms with E-state index in [9.17, 15) is 0 Å². The lowest BCUT2D eigenvalue weighted by atomic mass is 9.73. The molecule has 0 aliphatic carbocycles. The summed E-state index contributed by atoms with van der Waals surface area (Å²) in [5.74, 6) is 1.88. The molecule has 1 aliphatic heterocycles. The summed E-state index contributed by atoms with van der Waals surface area (Å²) in [6.45, 7) is 2.51. The second-order valence-corrected chi connectivity index (χ2v) is 6.64. The maximum Gasteiger partial charge on any atom is 0.142 e. The molecule has 6 nitrogen and oxygen atoms in total. The lowest BCUT2D eigenvalue weighted by molar-refractivity contribution is 0.338. The number of rotatable bonds is 4. The maximum absolute atomic E-state index is 6.22. The van der Waals surface area contributed by atoms with Gasteiger partial charge in [-0.2, -0.15) is 0 Å². The van der Waals surface area contributed by atoms with Gasteiger partial charge >= 0.3 is 0 Å². The first-order chi connectivity index (χ1) is 12.3. The van der Waals surface area contributed by atoms with Gasteiger partial charge in [0.1, 0.15) is 23.5 Å². The molecular weight excluding hydrogens is 314 g/mol. The van der Waals surface area contributed by atoms with Crippen molar-refractivity contribution >= 4 is 16.9 Å². The highest BCUT2D eigenvalue weighted by Gasteiger charge is 2.35. The fourth-order valence-corrected chi connectivity index (χ4v) is 3.81. The van der Waals surface area contributed by atoms with Crippen molar-refractivity contribution in [1.29, 1.82) is 0 Å². The minimum atomic E-state index is 0.0209. The van der Waals surface area contributed by atoms with E-state index in [0.717, 1.165) is 48.5 Å². The van der Waals surface area contributed by atoms with Gasteiger partial charge in [0, 0.05) is 31.2 Å². The first kappa shape index (κ1) is 15.9. The highest BCUT2D eigenvalue weighted by Crippen LogP contribution is 2.37. The summed E-state index contributed by atoms with van der Waals surface area (Å²) in [6.07, 6.45) is 5.55. The third-order valence-electron chi connectivity index (χ3n) is 5.45. The van der Waals surface area contributed by atoms with Gasteiger partial charge in [0.2, 0.25) is 0 Å². The van der Waals surface area contributed by atoms with Crippen molar-refractivity contribution in [2.24, 2.45) is 5.73 Å². The molecule has 2 aromatic heterocycles. The summed E-state index contributed by atoms with van der Waals surface area (Å²) in [7, 11) is 1.69. The van der Waals surface area contributed by atoms with E-state index in [1.54, 1.807) is 13.4 Å². The van der Waals surface area contributed by atoms with Crippen LogP contribution in [0.1, 0.15) is 18.4 Å². The van der Waals surface area contributed by atoms with Crippen LogP contribution in [0.5, 0.6) is 5.75 Å². The number of nitrogens with zero attached hydrogens (tertiary/aromatic N) is 3. The van der Waals surface area contributed by atoms with E-state index in [4.69, 9.17) is 10.5 Å². The van der Waals surface area contributed by atoms with Gasteiger partial charge in [0.05, 0.1) is 12.5 Å². The first-order valence-electron chi connectivity index (χ1n) is 8.63. The van der Waals surface area contributed by atoms with Crippen molar-refractivity contribution in [2.45, 2.75) is 18.3 Å². The number of H-pyrrole nitrogens is 1. The van der Waals surface area contributed by atoms with E-state index in [0.29, 0.717) is 6.54 Å². The van der Waals surface area contributed by atoms with Crippen LogP contribution in [-0.2, 0) is 5.41 Å². The molecule has 25 heavy (non-hydrogen) atoms. The molecule has 0 unspecified atom stereocenters. The standard InChI is InChI=1S/C19H23N5O/c1-25-15-4-2-14(3-5-15)19(12-20)7-10-24(11-8-19)18-16-6-9-21-17(16)22-13-23-18/h2-6,9,13H,7-8,10-12,20H2,1H3,(H,21,22,23). The number of nitrogens with two attached hydrogens (primary N) is 1. The van der Waals surface area contributed by atoms with E-state index in [-0.39, 0.29) is 5.41 Å². The molecule has 0 atom stereocenters. The topological polar surface area (TPSA) is 80.1 Å². The number of fused-ring (bicyclic) bond motifs is 1. The fraction of sp³-hybridized carbons (Fsp3) is 0.368. The number of methoxy groups -OCH3 is 1. The molecule has 1 saturated heterocycles. The second-order valence-electron chi connectivity index (χ2n) is 6.64. The predicted octanol–water partition coefficient (Wildman–Crippen LogP) is 2.46. The fourth-order valence-electron chi connectivity index (χ4n) is 3.81. The van der Waals surface area contributed by atoms with Crippen LogP contribution in [0.3, 0.4) is 0 Å². The highest BCUT2D eigenvalue weighted by atomic mass is 16.5. The quantitative estimate of drug-likeness (QED) is 0.764. The monoisotopic (exact) mass is 337 g/mol. The average Bonchev–Trinajstić information content (AvgIpc) is 3.17. The van der Waals surface area contributed by atoms with Gasteiger partial charge in [-0.1, -0.05) is 12.1 Å². The molecule has 3 aromatic rings. The van der Waals surface area contributed by atoms with Crippen LogP contribution in [0.2, 0.25) is 0 Å². The number of piperidine rings is 1. The molecule has 0 amide bonds. The summed E-state index contributed by atoms with van der Waals surface area (Å²) in [5, 5.41) is 1.08. The SMILES string of the molecule is COc1ccc(C2(CN)CCN(c3ncnc4[nH]ccc34)CC2)cc1. The molecule has 0 bridgehead atoms. The Bertz CT molecular complexity index is 850. The molecule has 1 aliphatic rings. The zero-order valence-corrected chi connectivity index (χ0v) is 14.4. The van der Waals surface area contributed by atoms with Gasteiger partial charge in [-0.05, 0) is 36.6 Å². The van der Waals surface area contributed by atoms with Gasteiger partial charge in [0.25, 0.3) is 0 Å². The van der Waals surface area contributed by atoms with E-state index in [2.05, 4.69) is 32.0 Å². The van der Waals surface area contributed by atoms with Crippen LogP contribution < -0.4 is 15.4 Å². The Hall–Kier alpha value is -2.60. The Morgan fingerprint density at radius 1 is 1.16 bits per heavy atom. The van der Waals surface area contributed by atoms with Gasteiger partial charge < -0.3 is 20.4 Å². The number of ether oxygens (including phenoxy) is 1. The lowest BCUT2D eigenvalue weighted by Gasteiger charge is -2.42. The van der Waals surface area contributed by atoms with Crippen LogP contribution in [0.4, 0.5) is 5.82 Å². The van der Waals surface area contributed by atoms with Crippen LogP contribution in [0.25, 0.3) is 11.0 Å². The van der Waals surface area contributed by atoms with Crippen LogP contribution >= 0.6 is 0 Å². The van der Waals surface area contributed by atoms with Gasteiger partial charge in [0.15, 0.2) is 0 Å². The Labute approximate surface area is 147 Å². The molecule has 0 radical (unpaired) electrons. The molecule has 3 heterocycles. The highest BCUT2D eigenvalue weighted by molar-refractivity contribution is 5.87. The molecule has 3 N–H and O–H groups in total. The Morgan fingerprint density at radius 2 is 1.92 bits per heavy atom. The van der Waals surface area contributed by atoms with Crippen LogP contribution in [-0.4, -0.2) is 41.7 Å². The first-order valence-corrected chi connectivity index (χ1v) is 8.63. The number of aromatic amines is 1. The lowest BCUT2D eigenvalue weighted by Crippen LogP contribution is -2.47. The zero-order valence-electron chi connectivity index (χ0n) is 14.4. The normalized spacial score (nSPS) is 17.0. The van der Waals surface area contributed by atoms with E-state index < -0.39 is 0 Å². The number of anilines is 1. The maximum atomic E-state index is 6.22. The van der Waals surface area contributed by atoms with Gasteiger partial charge in [-0.25, -0.2) is 9.97 Å². The minimum absolute atomic E-state index is 0.0209. The number of benzene rings is 1. The molecule has 4 rings (SSSR count). The largest absolute Gasteiger partial charge is 0.497 e. The third-order valence-corrected chi connectivity index (χ3v) is 5.45. The Kier molecular flexibility index (Phi) is 4.05. The zero-order chi connectivity index (χ0) is 17.3. The molecule has 6 heteroatoms. The smallest absolute Gasteiger partial charge is 0.142 e. The summed E-state index contributed by atoms with van der Waals surface area (Å²) in [4.78, 5) is 14.3. The number of hydrogen-bond donors (Lipinski definition) is 2. The van der Waals surface area contributed by atoms with Crippen LogP contribution in [0, 0.1) is 0 Å². The average molecular weight is 337 g/mol. The van der Waals surface area contributed by atoms with E-state index >= 15 is 0 Å². The molecule has 1 fully saturated rings. The second kappa shape index (κ2) is 6.37. The van der Waals surface area contributed by atoms with Crippen molar-refractivity contribution in [1.82, 2.24) is 15.0 Å². The number of hydrogen-bond acceptors (Lipinski definition) is 5. The van der Waals surface area contributed by atoms with Gasteiger partial charge in [-0.3, -0.25) is 0 Å². The summed E-state index contributed by atoms with van der Waals surface area (Å²) in [5.41, 5.74) is 8.42. The van der Waals surface area contributed by atoms with Crippen molar-refractivity contribution < 1.29 is 4.74 Å². The van der Waals surface area contributed by atoms with E-state index in [1.165, 1.54) is 5.56 Å². The molecule has 1 aromatic carbocycles. The molecule has 0 saturated carbocycles. The van der Waals surface area contributed by atoms with Crippen molar-refractivity contribution in [3.8, 4) is 5.75 Å². The van der Waals surface area contributed by atoms with Crippen LogP contribution in [0.15, 0.2) is 42.9 Å². The number of nitrogens with one attached hydrogen (secondary N) is 1. The minimum Gasteiger partial charge on any atom is -0.497 e. The van der Waals surface area contributed by atoms with Crippen molar-refractivity contribution in [2.75, 3.05) is 31.6 Å². The third kappa shape index (κ3) is 2.72. The Balaban J connectivity index is 1.57. The molecule has 0 spiro atoms.